The number of hydrogen-bond acceptors (Lipinski definition) is 4. The summed E-state index contributed by atoms with van der Waals surface area (Å²) in [7, 11) is -3.52. The number of aromatic carboxylic acids is 1. The third-order valence-electron chi connectivity index (χ3n) is 3.52. The Labute approximate surface area is 118 Å². The predicted octanol–water partition coefficient (Wildman–Crippen LogP) is 0.711. The van der Waals surface area contributed by atoms with E-state index in [2.05, 4.69) is 11.8 Å². The number of likely N-dealkylation sites (N-methyl/N-ethyl adjacent to an activating group) is 1. The highest BCUT2D eigenvalue weighted by molar-refractivity contribution is 7.89. The molecule has 0 atom stereocenters. The van der Waals surface area contributed by atoms with Crippen molar-refractivity contribution in [2.75, 3.05) is 32.7 Å². The molecule has 1 aromatic rings. The standard InChI is InChI=1S/C13H18N2O4S/c1-2-14-7-9-15(10-8-14)20(18,19)12-5-3-11(4-6-12)13(16)17/h3-6H,2,7-10H2,1H3,(H,16,17). The molecular weight excluding hydrogens is 280 g/mol. The van der Waals surface area contributed by atoms with Crippen molar-refractivity contribution in [3.05, 3.63) is 29.8 Å². The number of nitrogens with zero attached hydrogens (tertiary/aromatic N) is 2. The Hall–Kier alpha value is -1.44. The summed E-state index contributed by atoms with van der Waals surface area (Å²) < 4.78 is 26.3. The number of rotatable bonds is 4. The van der Waals surface area contributed by atoms with Gasteiger partial charge >= 0.3 is 5.97 Å². The molecule has 0 spiro atoms. The van der Waals surface area contributed by atoms with Crippen molar-refractivity contribution in [3.63, 3.8) is 0 Å². The van der Waals surface area contributed by atoms with E-state index in [1.54, 1.807) is 0 Å². The Morgan fingerprint density at radius 2 is 1.70 bits per heavy atom. The van der Waals surface area contributed by atoms with Gasteiger partial charge in [0.15, 0.2) is 0 Å². The van der Waals surface area contributed by atoms with Crippen LogP contribution < -0.4 is 0 Å². The van der Waals surface area contributed by atoms with E-state index in [-0.39, 0.29) is 10.5 Å². The van der Waals surface area contributed by atoms with Crippen molar-refractivity contribution in [2.45, 2.75) is 11.8 Å². The highest BCUT2D eigenvalue weighted by atomic mass is 32.2. The molecule has 0 unspecified atom stereocenters. The van der Waals surface area contributed by atoms with Crippen molar-refractivity contribution >= 4 is 16.0 Å². The molecule has 0 aliphatic carbocycles. The molecule has 1 N–H and O–H groups in total. The largest absolute Gasteiger partial charge is 0.478 e. The van der Waals surface area contributed by atoms with Gasteiger partial charge in [-0.15, -0.1) is 0 Å². The lowest BCUT2D eigenvalue weighted by atomic mass is 10.2. The summed E-state index contributed by atoms with van der Waals surface area (Å²) in [5.74, 6) is -1.06. The number of piperazine rings is 1. The van der Waals surface area contributed by atoms with Gasteiger partial charge in [-0.1, -0.05) is 6.92 Å². The van der Waals surface area contributed by atoms with Crippen molar-refractivity contribution in [1.82, 2.24) is 9.21 Å². The van der Waals surface area contributed by atoms with Crippen LogP contribution in [-0.2, 0) is 10.0 Å². The van der Waals surface area contributed by atoms with E-state index in [9.17, 15) is 13.2 Å². The van der Waals surface area contributed by atoms with Crippen LogP contribution in [0.15, 0.2) is 29.2 Å². The maximum Gasteiger partial charge on any atom is 0.335 e. The first-order chi connectivity index (χ1) is 9.45. The molecule has 0 saturated carbocycles. The minimum atomic E-state index is -3.52. The van der Waals surface area contributed by atoms with Gasteiger partial charge in [0, 0.05) is 26.2 Å². The molecule has 7 heteroatoms. The van der Waals surface area contributed by atoms with Crippen LogP contribution in [-0.4, -0.2) is 61.4 Å². The average Bonchev–Trinajstić information content (AvgIpc) is 2.47. The van der Waals surface area contributed by atoms with Gasteiger partial charge in [-0.25, -0.2) is 13.2 Å². The van der Waals surface area contributed by atoms with Crippen LogP contribution in [0, 0.1) is 0 Å². The zero-order chi connectivity index (χ0) is 14.8. The molecule has 2 rings (SSSR count). The molecule has 0 bridgehead atoms. The van der Waals surface area contributed by atoms with Gasteiger partial charge in [-0.05, 0) is 30.8 Å². The van der Waals surface area contributed by atoms with Crippen molar-refractivity contribution in [1.29, 1.82) is 0 Å². The maximum atomic E-state index is 12.4. The first-order valence-electron chi connectivity index (χ1n) is 6.51. The van der Waals surface area contributed by atoms with Gasteiger partial charge in [-0.2, -0.15) is 4.31 Å². The summed E-state index contributed by atoms with van der Waals surface area (Å²) in [4.78, 5) is 13.1. The first kappa shape index (κ1) is 15.0. The Kier molecular flexibility index (Phi) is 4.42. The normalized spacial score (nSPS) is 18.1. The predicted molar refractivity (Wildman–Crippen MR) is 74.3 cm³/mol. The van der Waals surface area contributed by atoms with E-state index in [0.29, 0.717) is 13.1 Å². The minimum Gasteiger partial charge on any atom is -0.478 e. The molecule has 6 nitrogen and oxygen atoms in total. The smallest absolute Gasteiger partial charge is 0.335 e. The lowest BCUT2D eigenvalue weighted by molar-refractivity contribution is 0.0696. The number of carboxylic acid groups (broad SMARTS) is 1. The fraction of sp³-hybridized carbons (Fsp3) is 0.462. The van der Waals surface area contributed by atoms with E-state index < -0.39 is 16.0 Å². The van der Waals surface area contributed by atoms with Crippen molar-refractivity contribution < 1.29 is 18.3 Å². The van der Waals surface area contributed by atoms with Gasteiger partial charge < -0.3 is 10.0 Å². The average molecular weight is 298 g/mol. The van der Waals surface area contributed by atoms with Crippen LogP contribution >= 0.6 is 0 Å². The fourth-order valence-corrected chi connectivity index (χ4v) is 3.63. The molecule has 1 saturated heterocycles. The van der Waals surface area contributed by atoms with Gasteiger partial charge in [0.2, 0.25) is 10.0 Å². The first-order valence-corrected chi connectivity index (χ1v) is 7.95. The molecule has 110 valence electrons. The van der Waals surface area contributed by atoms with E-state index in [1.165, 1.54) is 28.6 Å². The molecule has 0 radical (unpaired) electrons. The number of sulfonamides is 1. The molecule has 1 fully saturated rings. The minimum absolute atomic E-state index is 0.0831. The summed E-state index contributed by atoms with van der Waals surface area (Å²) >= 11 is 0. The number of hydrogen-bond donors (Lipinski definition) is 1. The quantitative estimate of drug-likeness (QED) is 0.886. The third kappa shape index (κ3) is 3.00. The van der Waals surface area contributed by atoms with Crippen LogP contribution in [0.3, 0.4) is 0 Å². The molecule has 1 heterocycles. The molecule has 0 amide bonds. The summed E-state index contributed by atoms with van der Waals surface area (Å²) in [5, 5.41) is 8.82. The number of carboxylic acids is 1. The van der Waals surface area contributed by atoms with Crippen LogP contribution in [0.5, 0.6) is 0 Å². The van der Waals surface area contributed by atoms with Gasteiger partial charge in [0.05, 0.1) is 10.5 Å². The van der Waals surface area contributed by atoms with Crippen molar-refractivity contribution in [2.24, 2.45) is 0 Å². The second-order valence-corrected chi connectivity index (χ2v) is 6.61. The highest BCUT2D eigenvalue weighted by Gasteiger charge is 2.27. The van der Waals surface area contributed by atoms with E-state index in [0.717, 1.165) is 19.6 Å². The molecular formula is C13H18N2O4S. The zero-order valence-corrected chi connectivity index (χ0v) is 12.1. The van der Waals surface area contributed by atoms with Gasteiger partial charge in [-0.3, -0.25) is 0 Å². The second-order valence-electron chi connectivity index (χ2n) is 4.67. The maximum absolute atomic E-state index is 12.4. The van der Waals surface area contributed by atoms with Crippen molar-refractivity contribution in [3.8, 4) is 0 Å². The number of benzene rings is 1. The van der Waals surface area contributed by atoms with Gasteiger partial charge in [0.25, 0.3) is 0 Å². The monoisotopic (exact) mass is 298 g/mol. The van der Waals surface area contributed by atoms with Crippen LogP contribution in [0.2, 0.25) is 0 Å². The summed E-state index contributed by atoms with van der Waals surface area (Å²) in [5.41, 5.74) is 0.0831. The number of carbonyl (C=O) groups is 1. The topological polar surface area (TPSA) is 77.9 Å². The SMILES string of the molecule is CCN1CCN(S(=O)(=O)c2ccc(C(=O)O)cc2)CC1. The van der Waals surface area contributed by atoms with E-state index in [1.807, 2.05) is 0 Å². The fourth-order valence-electron chi connectivity index (χ4n) is 2.20. The molecule has 0 aromatic heterocycles. The molecule has 1 aliphatic rings. The highest BCUT2D eigenvalue weighted by Crippen LogP contribution is 2.18. The Bertz CT molecular complexity index is 575. The lowest BCUT2D eigenvalue weighted by Gasteiger charge is -2.33. The Morgan fingerprint density at radius 1 is 1.15 bits per heavy atom. The molecule has 1 aliphatic heterocycles. The van der Waals surface area contributed by atoms with E-state index >= 15 is 0 Å². The van der Waals surface area contributed by atoms with Crippen LogP contribution in [0.4, 0.5) is 0 Å². The summed E-state index contributed by atoms with van der Waals surface area (Å²) in [6, 6.07) is 5.34. The summed E-state index contributed by atoms with van der Waals surface area (Å²) in [6.07, 6.45) is 0. The van der Waals surface area contributed by atoms with Gasteiger partial charge in [0.1, 0.15) is 0 Å². The lowest BCUT2D eigenvalue weighted by Crippen LogP contribution is -2.48. The summed E-state index contributed by atoms with van der Waals surface area (Å²) in [6.45, 7) is 5.36. The Balaban J connectivity index is 2.16. The molecule has 20 heavy (non-hydrogen) atoms. The third-order valence-corrected chi connectivity index (χ3v) is 5.43. The van der Waals surface area contributed by atoms with Crippen LogP contribution in [0.1, 0.15) is 17.3 Å². The Morgan fingerprint density at radius 3 is 2.15 bits per heavy atom. The van der Waals surface area contributed by atoms with Crippen LogP contribution in [0.25, 0.3) is 0 Å². The zero-order valence-electron chi connectivity index (χ0n) is 11.3. The second kappa shape index (κ2) is 5.90. The molecule has 1 aromatic carbocycles. The van der Waals surface area contributed by atoms with E-state index in [4.69, 9.17) is 5.11 Å².